The lowest BCUT2D eigenvalue weighted by molar-refractivity contribution is 0.102. The Kier molecular flexibility index (Phi) is 6.24. The Morgan fingerprint density at radius 1 is 1.03 bits per heavy atom. The Balaban J connectivity index is 1.87. The molecule has 3 aromatic carbocycles. The summed E-state index contributed by atoms with van der Waals surface area (Å²) in [5.74, 6) is -0.0191. The number of nitrogens with two attached hydrogens (primary N) is 2. The van der Waals surface area contributed by atoms with Crippen LogP contribution in [0.25, 0.3) is 11.1 Å². The molecule has 156 valence electrons. The van der Waals surface area contributed by atoms with Gasteiger partial charge in [0.05, 0.1) is 4.90 Å². The van der Waals surface area contributed by atoms with Crippen LogP contribution in [0.4, 0.5) is 11.4 Å². The van der Waals surface area contributed by atoms with E-state index in [1.807, 2.05) is 6.07 Å². The number of hydrogen-bond acceptors (Lipinski definition) is 4. The SMILES string of the molecule is CCC(C)c1cc(N)ccc1C(=O)Nc1ccc(-c2ccccc2S(N)(=O)=O)cc1. The van der Waals surface area contributed by atoms with Crippen LogP contribution in [0.2, 0.25) is 0 Å². The molecule has 0 aliphatic heterocycles. The second kappa shape index (κ2) is 8.69. The third-order valence-electron chi connectivity index (χ3n) is 5.11. The van der Waals surface area contributed by atoms with E-state index in [0.29, 0.717) is 28.1 Å². The Morgan fingerprint density at radius 2 is 1.70 bits per heavy atom. The van der Waals surface area contributed by atoms with E-state index < -0.39 is 10.0 Å². The van der Waals surface area contributed by atoms with E-state index in [-0.39, 0.29) is 16.7 Å². The highest BCUT2D eigenvalue weighted by Gasteiger charge is 2.17. The van der Waals surface area contributed by atoms with E-state index >= 15 is 0 Å². The van der Waals surface area contributed by atoms with Gasteiger partial charge < -0.3 is 11.1 Å². The standard InChI is InChI=1S/C23H25N3O3S/c1-3-15(2)21-14-17(24)10-13-20(21)23(27)26-18-11-8-16(9-12-18)19-6-4-5-7-22(19)30(25,28)29/h4-15H,3,24H2,1-2H3,(H,26,27)(H2,25,28,29). The van der Waals surface area contributed by atoms with Gasteiger partial charge in [-0.05, 0) is 59.9 Å². The zero-order chi connectivity index (χ0) is 21.9. The minimum Gasteiger partial charge on any atom is -0.399 e. The molecule has 0 bridgehead atoms. The normalized spacial score (nSPS) is 12.4. The van der Waals surface area contributed by atoms with Gasteiger partial charge in [0, 0.05) is 22.5 Å². The fourth-order valence-electron chi connectivity index (χ4n) is 3.30. The highest BCUT2D eigenvalue weighted by atomic mass is 32.2. The Labute approximate surface area is 177 Å². The quantitative estimate of drug-likeness (QED) is 0.511. The van der Waals surface area contributed by atoms with Crippen LogP contribution in [0.3, 0.4) is 0 Å². The zero-order valence-corrected chi connectivity index (χ0v) is 17.7. The van der Waals surface area contributed by atoms with Crippen LogP contribution in [-0.4, -0.2) is 14.3 Å². The second-order valence-electron chi connectivity index (χ2n) is 7.23. The van der Waals surface area contributed by atoms with E-state index in [4.69, 9.17) is 10.9 Å². The zero-order valence-electron chi connectivity index (χ0n) is 16.9. The van der Waals surface area contributed by atoms with Crippen molar-refractivity contribution in [2.75, 3.05) is 11.1 Å². The van der Waals surface area contributed by atoms with Gasteiger partial charge in [0.2, 0.25) is 10.0 Å². The summed E-state index contributed by atoms with van der Waals surface area (Å²) in [5.41, 5.74) is 9.82. The van der Waals surface area contributed by atoms with Crippen LogP contribution < -0.4 is 16.2 Å². The van der Waals surface area contributed by atoms with E-state index in [2.05, 4.69) is 19.2 Å². The van der Waals surface area contributed by atoms with Gasteiger partial charge in [-0.3, -0.25) is 4.79 Å². The molecule has 0 spiro atoms. The first-order valence-corrected chi connectivity index (χ1v) is 11.2. The van der Waals surface area contributed by atoms with Crippen molar-refractivity contribution in [1.82, 2.24) is 0 Å². The predicted octanol–water partition coefficient (Wildman–Crippen LogP) is 4.35. The number of carbonyl (C=O) groups is 1. The van der Waals surface area contributed by atoms with Crippen molar-refractivity contribution in [1.29, 1.82) is 0 Å². The first-order chi connectivity index (χ1) is 14.2. The van der Waals surface area contributed by atoms with Gasteiger partial charge >= 0.3 is 0 Å². The number of nitrogens with one attached hydrogen (secondary N) is 1. The molecule has 0 aliphatic rings. The molecule has 3 aromatic rings. The molecule has 0 aliphatic carbocycles. The minimum atomic E-state index is -3.85. The van der Waals surface area contributed by atoms with E-state index in [9.17, 15) is 13.2 Å². The van der Waals surface area contributed by atoms with Gasteiger partial charge in [0.15, 0.2) is 0 Å². The second-order valence-corrected chi connectivity index (χ2v) is 8.76. The lowest BCUT2D eigenvalue weighted by Gasteiger charge is -2.16. The van der Waals surface area contributed by atoms with Crippen LogP contribution in [-0.2, 0) is 10.0 Å². The van der Waals surface area contributed by atoms with Crippen molar-refractivity contribution in [2.45, 2.75) is 31.1 Å². The summed E-state index contributed by atoms with van der Waals surface area (Å²) in [6, 6.07) is 18.8. The summed E-state index contributed by atoms with van der Waals surface area (Å²) in [5, 5.41) is 8.22. The maximum atomic E-state index is 12.9. The first-order valence-electron chi connectivity index (χ1n) is 9.63. The van der Waals surface area contributed by atoms with Crippen LogP contribution in [0, 0.1) is 0 Å². The molecule has 0 heterocycles. The van der Waals surface area contributed by atoms with Crippen LogP contribution in [0.1, 0.15) is 42.1 Å². The Bertz CT molecular complexity index is 1170. The average Bonchev–Trinajstić information content (AvgIpc) is 2.73. The summed E-state index contributed by atoms with van der Waals surface area (Å²) < 4.78 is 23.7. The molecule has 3 rings (SSSR count). The third kappa shape index (κ3) is 4.69. The lowest BCUT2D eigenvalue weighted by atomic mass is 9.92. The summed E-state index contributed by atoms with van der Waals surface area (Å²) in [4.78, 5) is 12.9. The van der Waals surface area contributed by atoms with Crippen LogP contribution in [0.15, 0.2) is 71.6 Å². The number of carbonyl (C=O) groups excluding carboxylic acids is 1. The number of amides is 1. The largest absolute Gasteiger partial charge is 0.399 e. The van der Waals surface area contributed by atoms with E-state index in [0.717, 1.165) is 12.0 Å². The van der Waals surface area contributed by atoms with Crippen molar-refractivity contribution in [3.8, 4) is 11.1 Å². The molecule has 7 heteroatoms. The van der Waals surface area contributed by atoms with Crippen LogP contribution in [0.5, 0.6) is 0 Å². The third-order valence-corrected chi connectivity index (χ3v) is 6.08. The number of hydrogen-bond donors (Lipinski definition) is 3. The molecule has 0 radical (unpaired) electrons. The monoisotopic (exact) mass is 423 g/mol. The van der Waals surface area contributed by atoms with Gasteiger partial charge in [-0.1, -0.05) is 44.2 Å². The minimum absolute atomic E-state index is 0.0573. The van der Waals surface area contributed by atoms with Crippen molar-refractivity contribution in [3.63, 3.8) is 0 Å². The summed E-state index contributed by atoms with van der Waals surface area (Å²) in [6.07, 6.45) is 0.891. The molecule has 0 aromatic heterocycles. The number of primary sulfonamides is 1. The summed E-state index contributed by atoms with van der Waals surface area (Å²) in [6.45, 7) is 4.12. The molecule has 0 saturated carbocycles. The van der Waals surface area contributed by atoms with Crippen molar-refractivity contribution in [3.05, 3.63) is 77.9 Å². The molecule has 1 unspecified atom stereocenters. The fourth-order valence-corrected chi connectivity index (χ4v) is 4.06. The number of anilines is 2. The highest BCUT2D eigenvalue weighted by Crippen LogP contribution is 2.29. The molecule has 30 heavy (non-hydrogen) atoms. The van der Waals surface area contributed by atoms with E-state index in [1.54, 1.807) is 54.6 Å². The van der Waals surface area contributed by atoms with Gasteiger partial charge in [-0.2, -0.15) is 0 Å². The Morgan fingerprint density at radius 3 is 2.33 bits per heavy atom. The number of benzene rings is 3. The molecule has 1 amide bonds. The van der Waals surface area contributed by atoms with Gasteiger partial charge in [-0.25, -0.2) is 13.6 Å². The summed E-state index contributed by atoms with van der Waals surface area (Å²) in [7, 11) is -3.85. The molecule has 6 nitrogen and oxygen atoms in total. The number of sulfonamides is 1. The molecular weight excluding hydrogens is 398 g/mol. The van der Waals surface area contributed by atoms with Crippen molar-refractivity contribution in [2.24, 2.45) is 5.14 Å². The molecule has 1 atom stereocenters. The van der Waals surface area contributed by atoms with E-state index in [1.165, 1.54) is 6.07 Å². The smallest absolute Gasteiger partial charge is 0.255 e. The maximum Gasteiger partial charge on any atom is 0.255 e. The maximum absolute atomic E-state index is 12.9. The first kappa shape index (κ1) is 21.5. The molecule has 0 fully saturated rings. The predicted molar refractivity (Wildman–Crippen MR) is 121 cm³/mol. The summed E-state index contributed by atoms with van der Waals surface area (Å²) >= 11 is 0. The molecule has 5 N–H and O–H groups in total. The van der Waals surface area contributed by atoms with Crippen LogP contribution >= 0.6 is 0 Å². The van der Waals surface area contributed by atoms with Gasteiger partial charge in [0.1, 0.15) is 0 Å². The number of rotatable bonds is 6. The molecule has 0 saturated heterocycles. The highest BCUT2D eigenvalue weighted by molar-refractivity contribution is 7.89. The lowest BCUT2D eigenvalue weighted by Crippen LogP contribution is -2.15. The number of nitrogen functional groups attached to an aromatic ring is 1. The fraction of sp³-hybridized carbons (Fsp3) is 0.174. The van der Waals surface area contributed by atoms with Gasteiger partial charge in [0.25, 0.3) is 5.91 Å². The van der Waals surface area contributed by atoms with Gasteiger partial charge in [-0.15, -0.1) is 0 Å². The van der Waals surface area contributed by atoms with Crippen molar-refractivity contribution >= 4 is 27.3 Å². The Hall–Kier alpha value is -3.16. The topological polar surface area (TPSA) is 115 Å². The average molecular weight is 424 g/mol. The van der Waals surface area contributed by atoms with Crippen molar-refractivity contribution < 1.29 is 13.2 Å². The molecular formula is C23H25N3O3S.